The van der Waals surface area contributed by atoms with Crippen LogP contribution in [0.25, 0.3) is 0 Å². The summed E-state index contributed by atoms with van der Waals surface area (Å²) in [5.41, 5.74) is 6.50. The van der Waals surface area contributed by atoms with Gasteiger partial charge in [-0.1, -0.05) is 25.0 Å². The topological polar surface area (TPSA) is 46.3 Å². The van der Waals surface area contributed by atoms with E-state index in [4.69, 9.17) is 5.73 Å². The van der Waals surface area contributed by atoms with Crippen molar-refractivity contribution in [1.82, 2.24) is 4.90 Å². The van der Waals surface area contributed by atoms with Gasteiger partial charge in [-0.2, -0.15) is 0 Å². The highest BCUT2D eigenvalue weighted by Gasteiger charge is 2.41. The molecule has 0 bridgehead atoms. The Kier molecular flexibility index (Phi) is 3.91. The second-order valence-corrected chi connectivity index (χ2v) is 4.81. The largest absolute Gasteiger partial charge is 0.341 e. The van der Waals surface area contributed by atoms with E-state index >= 15 is 0 Å². The summed E-state index contributed by atoms with van der Waals surface area (Å²) in [7, 11) is 1.84. The second-order valence-electron chi connectivity index (χ2n) is 4.81. The van der Waals surface area contributed by atoms with Crippen molar-refractivity contribution >= 4 is 5.91 Å². The maximum atomic E-state index is 12.2. The third-order valence-electron chi connectivity index (χ3n) is 3.26. The summed E-state index contributed by atoms with van der Waals surface area (Å²) < 4.78 is 0. The number of rotatable bonds is 4. The maximum Gasteiger partial charge on any atom is 0.230 e. The molecule has 0 atom stereocenters. The fourth-order valence-corrected chi connectivity index (χ4v) is 2.44. The van der Waals surface area contributed by atoms with E-state index < -0.39 is 0 Å². The van der Waals surface area contributed by atoms with Gasteiger partial charge in [-0.25, -0.2) is 0 Å². The summed E-state index contributed by atoms with van der Waals surface area (Å²) in [6.07, 6.45) is 4.15. The molecule has 0 aromatic heterocycles. The summed E-state index contributed by atoms with van der Waals surface area (Å²) >= 11 is 0. The number of nitrogens with zero attached hydrogens (tertiary/aromatic N) is 1. The number of amides is 1. The van der Waals surface area contributed by atoms with Crippen LogP contribution >= 0.6 is 0 Å². The number of hydrogen-bond donors (Lipinski definition) is 1. The molecule has 1 rings (SSSR count). The normalized spacial score (nSPS) is 18.9. The van der Waals surface area contributed by atoms with Crippen LogP contribution in [0.4, 0.5) is 0 Å². The quantitative estimate of drug-likeness (QED) is 0.715. The molecular weight excluding hydrogens is 188 g/mol. The molecule has 3 nitrogen and oxygen atoms in total. The van der Waals surface area contributed by atoms with E-state index in [0.717, 1.165) is 31.3 Å². The molecule has 0 unspecified atom stereocenters. The molecule has 86 valence electrons. The lowest BCUT2D eigenvalue weighted by Crippen LogP contribution is -2.45. The van der Waals surface area contributed by atoms with Gasteiger partial charge in [0.25, 0.3) is 0 Å². The fourth-order valence-electron chi connectivity index (χ4n) is 2.44. The Balaban J connectivity index is 2.68. The Morgan fingerprint density at radius 1 is 1.47 bits per heavy atom. The Morgan fingerprint density at radius 2 is 2.00 bits per heavy atom. The van der Waals surface area contributed by atoms with E-state index in [0.29, 0.717) is 13.1 Å². The third kappa shape index (κ3) is 2.59. The minimum Gasteiger partial charge on any atom is -0.341 e. The van der Waals surface area contributed by atoms with Gasteiger partial charge in [-0.3, -0.25) is 4.79 Å². The lowest BCUT2D eigenvalue weighted by Gasteiger charge is -2.31. The van der Waals surface area contributed by atoms with E-state index in [-0.39, 0.29) is 11.3 Å². The minimum atomic E-state index is -0.274. The van der Waals surface area contributed by atoms with Gasteiger partial charge in [0.1, 0.15) is 0 Å². The monoisotopic (exact) mass is 210 g/mol. The molecule has 0 heterocycles. The predicted molar refractivity (Wildman–Crippen MR) is 62.4 cm³/mol. The van der Waals surface area contributed by atoms with Gasteiger partial charge in [0.05, 0.1) is 5.41 Å². The number of hydrogen-bond acceptors (Lipinski definition) is 2. The zero-order valence-corrected chi connectivity index (χ0v) is 9.88. The summed E-state index contributed by atoms with van der Waals surface area (Å²) in [5, 5.41) is 0. The molecule has 1 aliphatic rings. The zero-order chi connectivity index (χ0) is 11.5. The molecule has 0 spiro atoms. The molecule has 1 aliphatic carbocycles. The van der Waals surface area contributed by atoms with Crippen LogP contribution in [0.1, 0.15) is 32.6 Å². The van der Waals surface area contributed by atoms with Crippen molar-refractivity contribution in [3.05, 3.63) is 12.2 Å². The summed E-state index contributed by atoms with van der Waals surface area (Å²) in [6, 6.07) is 0. The van der Waals surface area contributed by atoms with Crippen LogP contribution < -0.4 is 5.73 Å². The van der Waals surface area contributed by atoms with Gasteiger partial charge in [0.2, 0.25) is 5.91 Å². The fraction of sp³-hybridized carbons (Fsp3) is 0.750. The molecule has 0 saturated heterocycles. The van der Waals surface area contributed by atoms with Crippen molar-refractivity contribution in [3.8, 4) is 0 Å². The van der Waals surface area contributed by atoms with Gasteiger partial charge < -0.3 is 10.6 Å². The first-order valence-corrected chi connectivity index (χ1v) is 5.62. The van der Waals surface area contributed by atoms with Crippen LogP contribution in [0.3, 0.4) is 0 Å². The highest BCUT2D eigenvalue weighted by Crippen LogP contribution is 2.38. The van der Waals surface area contributed by atoms with Crippen molar-refractivity contribution in [2.45, 2.75) is 32.6 Å². The number of likely N-dealkylation sites (N-methyl/N-ethyl adjacent to an activating group) is 1. The van der Waals surface area contributed by atoms with Crippen LogP contribution in [-0.4, -0.2) is 30.9 Å². The average Bonchev–Trinajstić information content (AvgIpc) is 2.65. The van der Waals surface area contributed by atoms with Gasteiger partial charge in [-0.15, -0.1) is 0 Å². The first kappa shape index (κ1) is 12.2. The Labute approximate surface area is 92.3 Å². The molecule has 15 heavy (non-hydrogen) atoms. The van der Waals surface area contributed by atoms with Gasteiger partial charge in [0.15, 0.2) is 0 Å². The standard InChI is InChI=1S/C12H22N2O/c1-10(2)8-14(3)11(15)12(9-13)6-4-5-7-12/h1,4-9,13H2,2-3H3. The molecule has 1 amide bonds. The van der Waals surface area contributed by atoms with Crippen LogP contribution in [0.15, 0.2) is 12.2 Å². The number of nitrogens with two attached hydrogens (primary N) is 1. The Bertz CT molecular complexity index is 254. The molecule has 0 aromatic rings. The lowest BCUT2D eigenvalue weighted by molar-refractivity contribution is -0.139. The van der Waals surface area contributed by atoms with Crippen molar-refractivity contribution in [2.75, 3.05) is 20.1 Å². The smallest absolute Gasteiger partial charge is 0.230 e. The van der Waals surface area contributed by atoms with Crippen molar-refractivity contribution in [1.29, 1.82) is 0 Å². The highest BCUT2D eigenvalue weighted by atomic mass is 16.2. The van der Waals surface area contributed by atoms with Crippen molar-refractivity contribution in [3.63, 3.8) is 0 Å². The highest BCUT2D eigenvalue weighted by molar-refractivity contribution is 5.83. The van der Waals surface area contributed by atoms with E-state index in [1.54, 1.807) is 4.90 Å². The predicted octanol–water partition coefficient (Wildman–Crippen LogP) is 1.54. The second kappa shape index (κ2) is 4.79. The number of carbonyl (C=O) groups is 1. The van der Waals surface area contributed by atoms with Crippen LogP contribution in [0.5, 0.6) is 0 Å². The molecule has 0 aliphatic heterocycles. The van der Waals surface area contributed by atoms with Gasteiger partial charge in [-0.05, 0) is 19.8 Å². The molecule has 0 aromatic carbocycles. The summed E-state index contributed by atoms with van der Waals surface area (Å²) in [6.45, 7) is 6.88. The van der Waals surface area contributed by atoms with Crippen LogP contribution in [-0.2, 0) is 4.79 Å². The van der Waals surface area contributed by atoms with E-state index in [2.05, 4.69) is 6.58 Å². The molecule has 0 radical (unpaired) electrons. The zero-order valence-electron chi connectivity index (χ0n) is 9.88. The first-order valence-electron chi connectivity index (χ1n) is 5.62. The van der Waals surface area contributed by atoms with Crippen LogP contribution in [0.2, 0.25) is 0 Å². The van der Waals surface area contributed by atoms with Gasteiger partial charge in [0, 0.05) is 20.1 Å². The van der Waals surface area contributed by atoms with Crippen LogP contribution in [0, 0.1) is 5.41 Å². The maximum absolute atomic E-state index is 12.2. The molecule has 2 N–H and O–H groups in total. The summed E-state index contributed by atoms with van der Waals surface area (Å²) in [5.74, 6) is 0.200. The lowest BCUT2D eigenvalue weighted by atomic mass is 9.84. The van der Waals surface area contributed by atoms with Crippen molar-refractivity contribution in [2.24, 2.45) is 11.1 Å². The molecule has 1 fully saturated rings. The third-order valence-corrected chi connectivity index (χ3v) is 3.26. The average molecular weight is 210 g/mol. The Morgan fingerprint density at radius 3 is 2.40 bits per heavy atom. The summed E-state index contributed by atoms with van der Waals surface area (Å²) in [4.78, 5) is 14.0. The first-order chi connectivity index (χ1) is 7.02. The molecule has 1 saturated carbocycles. The Hall–Kier alpha value is -0.830. The molecule has 3 heteroatoms. The van der Waals surface area contributed by atoms with Crippen molar-refractivity contribution < 1.29 is 4.79 Å². The minimum absolute atomic E-state index is 0.200. The van der Waals surface area contributed by atoms with Gasteiger partial charge >= 0.3 is 0 Å². The molecular formula is C12H22N2O. The van der Waals surface area contributed by atoms with E-state index in [9.17, 15) is 4.79 Å². The van der Waals surface area contributed by atoms with E-state index in [1.165, 1.54) is 0 Å². The van der Waals surface area contributed by atoms with E-state index in [1.807, 2.05) is 14.0 Å². The number of carbonyl (C=O) groups excluding carboxylic acids is 1. The SMILES string of the molecule is C=C(C)CN(C)C(=O)C1(CN)CCCC1.